The smallest absolute Gasteiger partial charge is 0.126 e. The van der Waals surface area contributed by atoms with Gasteiger partial charge < -0.3 is 9.47 Å². The molecule has 0 aromatic heterocycles. The van der Waals surface area contributed by atoms with Crippen LogP contribution in [-0.4, -0.2) is 19.6 Å². The summed E-state index contributed by atoms with van der Waals surface area (Å²) < 4.78 is 10.5. The Morgan fingerprint density at radius 1 is 1.25 bits per heavy atom. The van der Waals surface area contributed by atoms with Crippen molar-refractivity contribution in [3.05, 3.63) is 23.8 Å². The summed E-state index contributed by atoms with van der Waals surface area (Å²) >= 11 is 6.27. The van der Waals surface area contributed by atoms with Gasteiger partial charge in [0.1, 0.15) is 11.5 Å². The van der Waals surface area contributed by atoms with E-state index < -0.39 is 0 Å². The first-order chi connectivity index (χ1) is 7.63. The molecular formula is C13H19ClO2. The Balaban J connectivity index is 3.03. The lowest BCUT2D eigenvalue weighted by atomic mass is 9.95. The lowest BCUT2D eigenvalue weighted by Gasteiger charge is -2.20. The van der Waals surface area contributed by atoms with E-state index in [1.165, 1.54) is 0 Å². The molecule has 90 valence electrons. The fraction of sp³-hybridized carbons (Fsp3) is 0.538. The van der Waals surface area contributed by atoms with Gasteiger partial charge in [-0.3, -0.25) is 0 Å². The SMILES string of the molecule is CCC(Cl)C(C)c1ccc(OC)cc1OC. The number of alkyl halides is 1. The maximum atomic E-state index is 6.27. The Morgan fingerprint density at radius 2 is 1.94 bits per heavy atom. The Kier molecular flexibility index (Phi) is 4.94. The number of hydrogen-bond acceptors (Lipinski definition) is 2. The molecule has 0 heterocycles. The first-order valence-electron chi connectivity index (χ1n) is 5.50. The maximum Gasteiger partial charge on any atom is 0.126 e. The van der Waals surface area contributed by atoms with Crippen LogP contribution in [0.15, 0.2) is 18.2 Å². The van der Waals surface area contributed by atoms with Crippen molar-refractivity contribution in [2.75, 3.05) is 14.2 Å². The molecule has 0 aliphatic rings. The van der Waals surface area contributed by atoms with Gasteiger partial charge in [-0.25, -0.2) is 0 Å². The van der Waals surface area contributed by atoms with Gasteiger partial charge in [0.2, 0.25) is 0 Å². The average Bonchev–Trinajstić information content (AvgIpc) is 2.35. The quantitative estimate of drug-likeness (QED) is 0.731. The van der Waals surface area contributed by atoms with Gasteiger partial charge in [0, 0.05) is 17.4 Å². The van der Waals surface area contributed by atoms with Crippen LogP contribution in [0, 0.1) is 0 Å². The molecular weight excluding hydrogens is 224 g/mol. The number of hydrogen-bond donors (Lipinski definition) is 0. The number of rotatable bonds is 5. The standard InChI is InChI=1S/C13H19ClO2/c1-5-12(14)9(2)11-7-6-10(15-3)8-13(11)16-4/h6-9,12H,5H2,1-4H3. The summed E-state index contributed by atoms with van der Waals surface area (Å²) in [5.41, 5.74) is 1.13. The number of benzene rings is 1. The summed E-state index contributed by atoms with van der Waals surface area (Å²) in [6.45, 7) is 4.20. The van der Waals surface area contributed by atoms with Gasteiger partial charge in [0.05, 0.1) is 14.2 Å². The first kappa shape index (κ1) is 13.2. The average molecular weight is 243 g/mol. The zero-order valence-corrected chi connectivity index (χ0v) is 11.0. The summed E-state index contributed by atoms with van der Waals surface area (Å²) in [5.74, 6) is 1.91. The molecule has 0 fully saturated rings. The molecule has 0 saturated heterocycles. The van der Waals surface area contributed by atoms with E-state index in [1.807, 2.05) is 18.2 Å². The van der Waals surface area contributed by atoms with Crippen molar-refractivity contribution in [1.82, 2.24) is 0 Å². The molecule has 2 nitrogen and oxygen atoms in total. The van der Waals surface area contributed by atoms with Crippen molar-refractivity contribution in [1.29, 1.82) is 0 Å². The molecule has 0 spiro atoms. The van der Waals surface area contributed by atoms with Crippen LogP contribution in [0.4, 0.5) is 0 Å². The van der Waals surface area contributed by atoms with Crippen molar-refractivity contribution in [3.63, 3.8) is 0 Å². The fourth-order valence-electron chi connectivity index (χ4n) is 1.74. The van der Waals surface area contributed by atoms with Crippen molar-refractivity contribution >= 4 is 11.6 Å². The topological polar surface area (TPSA) is 18.5 Å². The Bertz CT molecular complexity index is 339. The predicted octanol–water partition coefficient (Wildman–Crippen LogP) is 3.82. The van der Waals surface area contributed by atoms with Crippen LogP contribution in [0.25, 0.3) is 0 Å². The zero-order valence-electron chi connectivity index (χ0n) is 10.3. The Hall–Kier alpha value is -0.890. The van der Waals surface area contributed by atoms with E-state index in [9.17, 15) is 0 Å². The van der Waals surface area contributed by atoms with Crippen LogP contribution < -0.4 is 9.47 Å². The van der Waals surface area contributed by atoms with E-state index in [4.69, 9.17) is 21.1 Å². The van der Waals surface area contributed by atoms with Crippen molar-refractivity contribution in [2.45, 2.75) is 31.6 Å². The fourth-order valence-corrected chi connectivity index (χ4v) is 1.88. The van der Waals surface area contributed by atoms with Crippen LogP contribution in [0.3, 0.4) is 0 Å². The molecule has 3 heteroatoms. The van der Waals surface area contributed by atoms with Crippen LogP contribution in [-0.2, 0) is 0 Å². The summed E-state index contributed by atoms with van der Waals surface area (Å²) in [6.07, 6.45) is 0.942. The highest BCUT2D eigenvalue weighted by atomic mass is 35.5. The van der Waals surface area contributed by atoms with E-state index in [2.05, 4.69) is 13.8 Å². The Morgan fingerprint density at radius 3 is 2.44 bits per heavy atom. The summed E-state index contributed by atoms with van der Waals surface area (Å²) in [5, 5.41) is 0.127. The molecule has 0 aliphatic carbocycles. The minimum atomic E-state index is 0.127. The maximum absolute atomic E-state index is 6.27. The third-order valence-corrected chi connectivity index (χ3v) is 3.55. The molecule has 0 aliphatic heterocycles. The second-order valence-corrected chi connectivity index (χ2v) is 4.38. The predicted molar refractivity (Wildman–Crippen MR) is 67.9 cm³/mol. The van der Waals surface area contributed by atoms with Gasteiger partial charge in [0.25, 0.3) is 0 Å². The minimum Gasteiger partial charge on any atom is -0.497 e. The van der Waals surface area contributed by atoms with Gasteiger partial charge in [-0.2, -0.15) is 0 Å². The lowest BCUT2D eigenvalue weighted by Crippen LogP contribution is -2.09. The summed E-state index contributed by atoms with van der Waals surface area (Å²) in [6, 6.07) is 5.85. The van der Waals surface area contributed by atoms with Gasteiger partial charge in [-0.15, -0.1) is 11.6 Å². The number of halogens is 1. The second-order valence-electron chi connectivity index (χ2n) is 3.82. The molecule has 0 radical (unpaired) electrons. The molecule has 2 unspecified atom stereocenters. The highest BCUT2D eigenvalue weighted by Crippen LogP contribution is 2.34. The number of ether oxygens (including phenoxy) is 2. The van der Waals surface area contributed by atoms with Crippen LogP contribution in [0.2, 0.25) is 0 Å². The molecule has 1 aromatic carbocycles. The molecule has 1 aromatic rings. The lowest BCUT2D eigenvalue weighted by molar-refractivity contribution is 0.388. The van der Waals surface area contributed by atoms with E-state index in [0.29, 0.717) is 0 Å². The van der Waals surface area contributed by atoms with Crippen molar-refractivity contribution in [3.8, 4) is 11.5 Å². The van der Waals surface area contributed by atoms with Crippen LogP contribution in [0.5, 0.6) is 11.5 Å². The molecule has 0 N–H and O–H groups in total. The van der Waals surface area contributed by atoms with Crippen LogP contribution >= 0.6 is 11.6 Å². The van der Waals surface area contributed by atoms with Crippen molar-refractivity contribution in [2.24, 2.45) is 0 Å². The summed E-state index contributed by atoms with van der Waals surface area (Å²) in [7, 11) is 3.31. The highest BCUT2D eigenvalue weighted by Gasteiger charge is 2.18. The van der Waals surface area contributed by atoms with Crippen molar-refractivity contribution < 1.29 is 9.47 Å². The minimum absolute atomic E-state index is 0.127. The molecule has 16 heavy (non-hydrogen) atoms. The van der Waals surface area contributed by atoms with E-state index in [-0.39, 0.29) is 11.3 Å². The normalized spacial score (nSPS) is 14.3. The molecule has 0 amide bonds. The van der Waals surface area contributed by atoms with E-state index in [0.717, 1.165) is 23.5 Å². The molecule has 2 atom stereocenters. The first-order valence-corrected chi connectivity index (χ1v) is 5.93. The molecule has 0 bridgehead atoms. The van der Waals surface area contributed by atoms with E-state index >= 15 is 0 Å². The zero-order chi connectivity index (χ0) is 12.1. The Labute approximate surface area is 103 Å². The van der Waals surface area contributed by atoms with E-state index in [1.54, 1.807) is 14.2 Å². The second kappa shape index (κ2) is 6.00. The summed E-state index contributed by atoms with van der Waals surface area (Å²) in [4.78, 5) is 0. The van der Waals surface area contributed by atoms with Gasteiger partial charge in [-0.1, -0.05) is 19.9 Å². The number of methoxy groups -OCH3 is 2. The third kappa shape index (κ3) is 2.82. The molecule has 1 rings (SSSR count). The highest BCUT2D eigenvalue weighted by molar-refractivity contribution is 6.21. The largest absolute Gasteiger partial charge is 0.497 e. The van der Waals surface area contributed by atoms with Gasteiger partial charge in [-0.05, 0) is 18.1 Å². The van der Waals surface area contributed by atoms with Gasteiger partial charge >= 0.3 is 0 Å². The third-order valence-electron chi connectivity index (χ3n) is 2.86. The van der Waals surface area contributed by atoms with Gasteiger partial charge in [0.15, 0.2) is 0 Å². The molecule has 0 saturated carbocycles. The monoisotopic (exact) mass is 242 g/mol. The van der Waals surface area contributed by atoms with Crippen LogP contribution in [0.1, 0.15) is 31.7 Å².